The van der Waals surface area contributed by atoms with E-state index >= 15 is 0 Å². The fourth-order valence-electron chi connectivity index (χ4n) is 6.69. The largest absolute Gasteiger partial charge is 0.465 e. The minimum atomic E-state index is -0.919. The molecule has 0 saturated carbocycles. The summed E-state index contributed by atoms with van der Waals surface area (Å²) in [6.07, 6.45) is 9.99. The van der Waals surface area contributed by atoms with Crippen LogP contribution < -0.4 is 4.90 Å². The quantitative estimate of drug-likeness (QED) is 0.477. The number of carbonyl (C=O) groups excluding carboxylic acids is 3. The molecule has 0 aliphatic carbocycles. The first-order valence-electron chi connectivity index (χ1n) is 13.3. The van der Waals surface area contributed by atoms with Crippen molar-refractivity contribution in [1.82, 2.24) is 4.90 Å². The number of nitrogens with zero attached hydrogens (tertiary/aromatic N) is 2. The van der Waals surface area contributed by atoms with Crippen LogP contribution in [0, 0.1) is 11.8 Å². The van der Waals surface area contributed by atoms with Gasteiger partial charge in [0.15, 0.2) is 0 Å². The van der Waals surface area contributed by atoms with Gasteiger partial charge in [0.1, 0.15) is 6.04 Å². The number of aliphatic hydroxyl groups excluding tert-OH is 1. The third kappa shape index (κ3) is 3.80. The van der Waals surface area contributed by atoms with Crippen LogP contribution in [0.15, 0.2) is 66.8 Å². The third-order valence-corrected chi connectivity index (χ3v) is 10.1. The molecule has 8 heteroatoms. The summed E-state index contributed by atoms with van der Waals surface area (Å²) in [5.74, 6) is -2.19. The maximum absolute atomic E-state index is 14.5. The van der Waals surface area contributed by atoms with Crippen LogP contribution in [0.4, 0.5) is 5.69 Å². The molecule has 5 atom stereocenters. The molecule has 4 aliphatic rings. The normalized spacial score (nSPS) is 33.6. The number of amides is 2. The highest BCUT2D eigenvalue weighted by atomic mass is 32.2. The Morgan fingerprint density at radius 2 is 1.84 bits per heavy atom. The van der Waals surface area contributed by atoms with Crippen molar-refractivity contribution in [3.8, 4) is 0 Å². The molecule has 7 nitrogen and oxygen atoms in total. The number of carbonyl (C=O) groups is 3. The Labute approximate surface area is 226 Å². The van der Waals surface area contributed by atoms with Gasteiger partial charge in [0, 0.05) is 30.1 Å². The van der Waals surface area contributed by atoms with Crippen molar-refractivity contribution in [3.05, 3.63) is 66.8 Å². The molecule has 2 amide bonds. The number of hydrogen-bond donors (Lipinski definition) is 1. The highest BCUT2D eigenvalue weighted by molar-refractivity contribution is 8.02. The van der Waals surface area contributed by atoms with E-state index in [0.717, 1.165) is 29.3 Å². The van der Waals surface area contributed by atoms with Gasteiger partial charge in [0.05, 0.1) is 23.2 Å². The summed E-state index contributed by atoms with van der Waals surface area (Å²) in [5.41, 5.74) is 0.768. The summed E-state index contributed by atoms with van der Waals surface area (Å²) in [5, 5.41) is 11.7. The molecule has 1 unspecified atom stereocenters. The van der Waals surface area contributed by atoms with Gasteiger partial charge in [0.2, 0.25) is 5.91 Å². The average molecular weight is 533 g/mol. The van der Waals surface area contributed by atoms with Crippen molar-refractivity contribution in [2.75, 3.05) is 31.2 Å². The number of esters is 1. The SMILES string of the molecule is C[C@]12/C=C\CCCOC(=O)[C@H]1[C@H]1C(=O)N(CCCO)C3C(=O)N(c4ccc5ccccc5c4)CC=C[C@@]31S2. The summed E-state index contributed by atoms with van der Waals surface area (Å²) in [6.45, 7) is 2.83. The van der Waals surface area contributed by atoms with E-state index in [0.29, 0.717) is 19.6 Å². The van der Waals surface area contributed by atoms with Crippen LogP contribution in [-0.2, 0) is 19.1 Å². The Balaban J connectivity index is 1.47. The molecule has 2 saturated heterocycles. The predicted molar refractivity (Wildman–Crippen MR) is 148 cm³/mol. The number of allylic oxidation sites excluding steroid dienone is 1. The molecule has 0 bridgehead atoms. The second kappa shape index (κ2) is 9.58. The third-order valence-electron chi connectivity index (χ3n) is 8.35. The van der Waals surface area contributed by atoms with Gasteiger partial charge < -0.3 is 19.6 Å². The first-order valence-corrected chi connectivity index (χ1v) is 14.1. The molecular formula is C30H32N2O5S. The van der Waals surface area contributed by atoms with Crippen LogP contribution in [-0.4, -0.2) is 69.6 Å². The molecule has 1 spiro atoms. The van der Waals surface area contributed by atoms with Crippen molar-refractivity contribution in [2.24, 2.45) is 11.8 Å². The number of benzene rings is 2. The Morgan fingerprint density at radius 1 is 1.03 bits per heavy atom. The van der Waals surface area contributed by atoms with Gasteiger partial charge in [-0.3, -0.25) is 14.4 Å². The van der Waals surface area contributed by atoms with Crippen LogP contribution in [0.25, 0.3) is 10.8 Å². The Hall–Kier alpha value is -3.10. The zero-order chi connectivity index (χ0) is 26.5. The van der Waals surface area contributed by atoms with Gasteiger partial charge in [-0.15, -0.1) is 11.8 Å². The average Bonchev–Trinajstić information content (AvgIpc) is 3.26. The van der Waals surface area contributed by atoms with E-state index in [1.165, 1.54) is 0 Å². The van der Waals surface area contributed by atoms with Crippen molar-refractivity contribution >= 4 is 46.0 Å². The van der Waals surface area contributed by atoms with Gasteiger partial charge in [-0.1, -0.05) is 54.6 Å². The van der Waals surface area contributed by atoms with Crippen molar-refractivity contribution in [3.63, 3.8) is 0 Å². The summed E-state index contributed by atoms with van der Waals surface area (Å²) in [4.78, 5) is 45.5. The van der Waals surface area contributed by atoms with Crippen molar-refractivity contribution in [1.29, 1.82) is 0 Å². The van der Waals surface area contributed by atoms with Gasteiger partial charge in [-0.25, -0.2) is 0 Å². The lowest BCUT2D eigenvalue weighted by atomic mass is 9.74. The van der Waals surface area contributed by atoms with Crippen LogP contribution in [0.2, 0.25) is 0 Å². The molecule has 1 N–H and O–H groups in total. The maximum Gasteiger partial charge on any atom is 0.311 e. The summed E-state index contributed by atoms with van der Waals surface area (Å²) in [7, 11) is 0. The van der Waals surface area contributed by atoms with Gasteiger partial charge in [0.25, 0.3) is 5.91 Å². The molecule has 4 heterocycles. The van der Waals surface area contributed by atoms with E-state index in [1.807, 2.05) is 61.5 Å². The molecule has 0 aromatic heterocycles. The molecule has 198 valence electrons. The van der Waals surface area contributed by atoms with E-state index in [9.17, 15) is 19.5 Å². The predicted octanol–water partition coefficient (Wildman–Crippen LogP) is 3.71. The lowest BCUT2D eigenvalue weighted by Gasteiger charge is -2.36. The smallest absolute Gasteiger partial charge is 0.311 e. The van der Waals surface area contributed by atoms with Crippen LogP contribution in [0.5, 0.6) is 0 Å². The summed E-state index contributed by atoms with van der Waals surface area (Å²) < 4.78 is 4.05. The number of fused-ring (bicyclic) bond motifs is 3. The van der Waals surface area contributed by atoms with E-state index in [-0.39, 0.29) is 30.9 Å². The molecule has 2 aromatic carbocycles. The Kier molecular flexibility index (Phi) is 6.35. The van der Waals surface area contributed by atoms with Crippen LogP contribution >= 0.6 is 11.8 Å². The highest BCUT2D eigenvalue weighted by Crippen LogP contribution is 2.65. The second-order valence-corrected chi connectivity index (χ2v) is 12.5. The molecule has 6 rings (SSSR count). The lowest BCUT2D eigenvalue weighted by Crippen LogP contribution is -2.53. The topological polar surface area (TPSA) is 87.1 Å². The van der Waals surface area contributed by atoms with Gasteiger partial charge in [-0.05, 0) is 49.1 Å². The maximum atomic E-state index is 14.5. The monoisotopic (exact) mass is 532 g/mol. The van der Waals surface area contributed by atoms with Crippen LogP contribution in [0.3, 0.4) is 0 Å². The zero-order valence-corrected chi connectivity index (χ0v) is 22.2. The van der Waals surface area contributed by atoms with E-state index < -0.39 is 27.4 Å². The molecular weight excluding hydrogens is 500 g/mol. The number of thioether (sulfide) groups is 1. The lowest BCUT2D eigenvalue weighted by molar-refractivity contribution is -0.154. The Bertz CT molecular complexity index is 1360. The van der Waals surface area contributed by atoms with Crippen molar-refractivity contribution in [2.45, 2.75) is 41.7 Å². The number of hydrogen-bond acceptors (Lipinski definition) is 6. The van der Waals surface area contributed by atoms with Gasteiger partial charge >= 0.3 is 5.97 Å². The number of anilines is 1. The summed E-state index contributed by atoms with van der Waals surface area (Å²) >= 11 is 1.55. The minimum absolute atomic E-state index is 0.0916. The number of rotatable bonds is 4. The molecule has 4 aliphatic heterocycles. The van der Waals surface area contributed by atoms with Gasteiger partial charge in [-0.2, -0.15) is 0 Å². The molecule has 38 heavy (non-hydrogen) atoms. The molecule has 0 radical (unpaired) electrons. The first-order chi connectivity index (χ1) is 18.4. The Morgan fingerprint density at radius 3 is 2.66 bits per heavy atom. The van der Waals surface area contributed by atoms with Crippen molar-refractivity contribution < 1.29 is 24.2 Å². The number of aliphatic hydroxyl groups is 1. The molecule has 2 fully saturated rings. The number of likely N-dealkylation sites (tertiary alicyclic amines) is 1. The van der Waals surface area contributed by atoms with E-state index in [2.05, 4.69) is 12.2 Å². The number of cyclic esters (lactones) is 1. The standard InChI is InChI=1S/C30H32N2O5S/c1-29-13-5-2-6-18-37-28(36)24(29)23-26(34)32(16-8-17-33)25-27(35)31(15-7-14-30(23,25)38-29)22-12-11-20-9-3-4-10-21(20)19-22/h3-5,7,9-14,19,23-25,33H,2,6,8,15-18H2,1H3/b13-5-/t23-,24+,25?,29-,30-/m0/s1. The van der Waals surface area contributed by atoms with Crippen LogP contribution in [0.1, 0.15) is 26.2 Å². The fourth-order valence-corrected chi connectivity index (χ4v) is 8.84. The summed E-state index contributed by atoms with van der Waals surface area (Å²) in [6, 6.07) is 13.2. The number of ether oxygens (including phenoxy) is 1. The fraction of sp³-hybridized carbons (Fsp3) is 0.433. The zero-order valence-electron chi connectivity index (χ0n) is 21.4. The highest BCUT2D eigenvalue weighted by Gasteiger charge is 2.73. The molecule has 2 aromatic rings. The first kappa shape index (κ1) is 25.2. The van der Waals surface area contributed by atoms with E-state index in [1.54, 1.807) is 21.6 Å². The van der Waals surface area contributed by atoms with E-state index in [4.69, 9.17) is 4.74 Å². The second-order valence-electron chi connectivity index (χ2n) is 10.7. The minimum Gasteiger partial charge on any atom is -0.465 e.